The number of aromatic amines is 1. The van der Waals surface area contributed by atoms with E-state index in [9.17, 15) is 9.59 Å². The molecule has 2 aliphatic heterocycles. The fourth-order valence-electron chi connectivity index (χ4n) is 4.54. The quantitative estimate of drug-likeness (QED) is 0.246. The van der Waals surface area contributed by atoms with Gasteiger partial charge in [-0.05, 0) is 34.6 Å². The van der Waals surface area contributed by atoms with Crippen molar-refractivity contribution in [3.8, 4) is 0 Å². The summed E-state index contributed by atoms with van der Waals surface area (Å²) < 4.78 is 37.3. The van der Waals surface area contributed by atoms with Crippen LogP contribution >= 0.6 is 8.53 Å². The van der Waals surface area contributed by atoms with Crippen LogP contribution in [0.25, 0.3) is 16.0 Å². The Balaban J connectivity index is 1.67. The van der Waals surface area contributed by atoms with Gasteiger partial charge in [-0.2, -0.15) is 4.98 Å². The minimum atomic E-state index is -1.61. The molecule has 0 saturated carbocycles. The van der Waals surface area contributed by atoms with Crippen molar-refractivity contribution >= 4 is 31.5 Å². The lowest BCUT2D eigenvalue weighted by atomic mass is 10.0. The molecule has 2 fully saturated rings. The molecule has 2 aromatic heterocycles. The van der Waals surface area contributed by atoms with Gasteiger partial charge in [-0.25, -0.2) is 16.2 Å². The first kappa shape index (κ1) is 27.1. The van der Waals surface area contributed by atoms with Gasteiger partial charge < -0.3 is 23.4 Å². The maximum atomic E-state index is 12.7. The molecule has 4 heterocycles. The van der Waals surface area contributed by atoms with E-state index in [1.807, 2.05) is 27.7 Å². The normalized spacial score (nSPS) is 26.0. The molecular weight excluding hydrogens is 513 g/mol. The highest BCUT2D eigenvalue weighted by atomic mass is 31.2. The molecule has 13 nitrogen and oxygen atoms in total. The molecule has 14 heteroatoms. The second-order valence-corrected chi connectivity index (χ2v) is 11.7. The smallest absolute Gasteiger partial charge is 0.280 e. The molecule has 0 aliphatic carbocycles. The number of nitrogens with one attached hydrogen (secondary N) is 2. The maximum Gasteiger partial charge on any atom is 0.280 e. The molecule has 208 valence electrons. The summed E-state index contributed by atoms with van der Waals surface area (Å²) in [7, 11) is -1.61. The molecule has 2 bridgehead atoms. The highest BCUT2D eigenvalue weighted by Gasteiger charge is 2.62. The number of ether oxygens (including phenoxy) is 2. The molecule has 2 saturated heterocycles. The van der Waals surface area contributed by atoms with Crippen LogP contribution in [0.3, 0.4) is 0 Å². The topological polar surface area (TPSA) is 137 Å². The number of carbonyl (C=O) groups excluding carboxylic acids is 1. The first-order chi connectivity index (χ1) is 18.5. The average molecular weight is 551 g/mol. The van der Waals surface area contributed by atoms with Crippen LogP contribution in [0.1, 0.15) is 56.0 Å². The van der Waals surface area contributed by atoms with E-state index in [1.165, 1.54) is 6.33 Å². The molecule has 2 N–H and O–H groups in total. The number of rotatable bonds is 11. The van der Waals surface area contributed by atoms with E-state index in [0.29, 0.717) is 0 Å². The van der Waals surface area contributed by atoms with Gasteiger partial charge in [0.2, 0.25) is 18.4 Å². The Hall–Kier alpha value is -2.46. The fraction of sp³-hybridized carbons (Fsp3) is 0.708. The van der Waals surface area contributed by atoms with Gasteiger partial charge in [0.05, 0.1) is 12.9 Å². The number of hydrogen-bond acceptors (Lipinski definition) is 9. The summed E-state index contributed by atoms with van der Waals surface area (Å²) in [5, 5.41) is 2.61. The highest BCUT2D eigenvalue weighted by Crippen LogP contribution is 2.55. The fourth-order valence-corrected chi connectivity index (χ4v) is 6.34. The second kappa shape index (κ2) is 11.3. The number of nitrogens with zero attached hydrogens (tertiary/aromatic N) is 5. The Bertz CT molecular complexity index is 1270. The van der Waals surface area contributed by atoms with Gasteiger partial charge in [0.15, 0.2) is 17.4 Å². The number of amides is 1. The Morgan fingerprint density at radius 2 is 2.16 bits per heavy atom. The van der Waals surface area contributed by atoms with Crippen LogP contribution in [0.5, 0.6) is 0 Å². The number of hydrogen-bond donors (Lipinski definition) is 2. The summed E-state index contributed by atoms with van der Waals surface area (Å²) in [4.78, 5) is 39.5. The molecule has 2 aromatic rings. The van der Waals surface area contributed by atoms with E-state index in [2.05, 4.69) is 29.8 Å². The largest absolute Gasteiger partial charge is 0.368 e. The lowest BCUT2D eigenvalue weighted by molar-refractivity contribution is -0.164. The third-order valence-electron chi connectivity index (χ3n) is 6.30. The van der Waals surface area contributed by atoms with E-state index in [1.54, 1.807) is 18.4 Å². The van der Waals surface area contributed by atoms with Crippen LogP contribution in [0, 0.1) is 12.5 Å². The van der Waals surface area contributed by atoms with Crippen LogP contribution < -0.4 is 10.9 Å². The van der Waals surface area contributed by atoms with Crippen molar-refractivity contribution in [1.82, 2.24) is 24.2 Å². The Labute approximate surface area is 224 Å². The third kappa shape index (κ3) is 5.47. The predicted octanol–water partition coefficient (Wildman–Crippen LogP) is 3.07. The van der Waals surface area contributed by atoms with Gasteiger partial charge in [0.1, 0.15) is 24.4 Å². The van der Waals surface area contributed by atoms with Crippen LogP contribution in [0.15, 0.2) is 11.1 Å². The molecule has 38 heavy (non-hydrogen) atoms. The molecule has 5 atom stereocenters. The van der Waals surface area contributed by atoms with Crippen LogP contribution in [0.4, 0.5) is 5.95 Å². The first-order valence-corrected chi connectivity index (χ1v) is 13.7. The van der Waals surface area contributed by atoms with Crippen LogP contribution in [-0.2, 0) is 23.3 Å². The van der Waals surface area contributed by atoms with E-state index in [4.69, 9.17) is 26.5 Å². The summed E-state index contributed by atoms with van der Waals surface area (Å²) in [5.74, 6) is -0.603. The molecule has 0 spiro atoms. The standard InChI is InChI=1S/C24H36N7O6P/c1-13(2)20(32)28-23-27-19-16(21(33)29-23)26-12-30(19)22-17-18(24(7,36-22)11-34-17)37-38(35-10-9-25-8)31(14(3)4)15(5)6/h12-15,17-18,22H,9-11H2,1-7H3,(H2,27,28,29,32,33)/t17-,18+,22-,24+,38?/m1/s1/i7D. The number of H-pyrrole nitrogens is 1. The van der Waals surface area contributed by atoms with E-state index < -0.39 is 38.1 Å². The highest BCUT2D eigenvalue weighted by molar-refractivity contribution is 7.44. The van der Waals surface area contributed by atoms with Crippen molar-refractivity contribution in [2.45, 2.75) is 84.6 Å². The van der Waals surface area contributed by atoms with Crippen molar-refractivity contribution in [3.05, 3.63) is 28.1 Å². The van der Waals surface area contributed by atoms with Crippen LogP contribution in [-0.4, -0.2) is 79.7 Å². The molecule has 0 radical (unpaired) electrons. The Morgan fingerprint density at radius 3 is 2.79 bits per heavy atom. The van der Waals surface area contributed by atoms with Crippen molar-refractivity contribution < 1.29 is 24.7 Å². The minimum absolute atomic E-state index is 0.00117. The molecule has 1 amide bonds. The van der Waals surface area contributed by atoms with Crippen molar-refractivity contribution in [2.24, 2.45) is 5.92 Å². The number of imidazole rings is 1. The number of carbonyl (C=O) groups is 1. The van der Waals surface area contributed by atoms with Gasteiger partial charge in [-0.15, -0.1) is 0 Å². The molecule has 0 aromatic carbocycles. The SMILES string of the molecule is [2H]C[C@@]12CO[C@@H]([C@H](n3cnc4c(=O)[nH]c(NC(=O)C(C)C)nc43)O1)[C@@H]2OP(OCC[N+]#[C-])N(C(C)C)C(C)C. The maximum absolute atomic E-state index is 12.7. The van der Waals surface area contributed by atoms with Crippen molar-refractivity contribution in [2.75, 3.05) is 25.1 Å². The first-order valence-electron chi connectivity index (χ1n) is 13.3. The monoisotopic (exact) mass is 550 g/mol. The zero-order valence-corrected chi connectivity index (χ0v) is 23.4. The lowest BCUT2D eigenvalue weighted by Crippen LogP contribution is -2.40. The van der Waals surface area contributed by atoms with Crippen molar-refractivity contribution in [1.29, 1.82) is 0 Å². The van der Waals surface area contributed by atoms with Gasteiger partial charge in [-0.3, -0.25) is 24.5 Å². The summed E-state index contributed by atoms with van der Waals surface area (Å²) in [6.45, 7) is 19.2. The second-order valence-electron chi connectivity index (χ2n) is 10.3. The summed E-state index contributed by atoms with van der Waals surface area (Å²) in [5.41, 5.74) is -1.30. The molecule has 2 aliphatic rings. The third-order valence-corrected chi connectivity index (χ3v) is 8.41. The number of aromatic nitrogens is 4. The summed E-state index contributed by atoms with van der Waals surface area (Å²) >= 11 is 0. The number of fused-ring (bicyclic) bond motifs is 3. The summed E-state index contributed by atoms with van der Waals surface area (Å²) in [6, 6.07) is 0.196. The molecule has 4 rings (SSSR count). The van der Waals surface area contributed by atoms with Crippen molar-refractivity contribution in [3.63, 3.8) is 0 Å². The predicted molar refractivity (Wildman–Crippen MR) is 141 cm³/mol. The minimum Gasteiger partial charge on any atom is -0.368 e. The average Bonchev–Trinajstić information content (AvgIpc) is 3.54. The van der Waals surface area contributed by atoms with Gasteiger partial charge in [0, 0.05) is 19.4 Å². The molecule has 1 unspecified atom stereocenters. The lowest BCUT2D eigenvalue weighted by Gasteiger charge is -2.37. The van der Waals surface area contributed by atoms with E-state index in [0.717, 1.165) is 0 Å². The molecular formula is C24H36N7O6P. The Morgan fingerprint density at radius 1 is 1.42 bits per heavy atom. The zero-order valence-electron chi connectivity index (χ0n) is 23.5. The van der Waals surface area contributed by atoms with E-state index in [-0.39, 0.29) is 67.7 Å². The zero-order chi connectivity index (χ0) is 28.5. The van der Waals surface area contributed by atoms with Gasteiger partial charge in [-0.1, -0.05) is 13.8 Å². The van der Waals surface area contributed by atoms with Crippen LogP contribution in [0.2, 0.25) is 0 Å². The van der Waals surface area contributed by atoms with Gasteiger partial charge in [0.25, 0.3) is 14.1 Å². The summed E-state index contributed by atoms with van der Waals surface area (Å²) in [6.07, 6.45) is -0.640. The Kier molecular flexibility index (Phi) is 8.09. The van der Waals surface area contributed by atoms with E-state index >= 15 is 0 Å². The number of anilines is 1. The van der Waals surface area contributed by atoms with Gasteiger partial charge >= 0.3 is 0 Å².